The summed E-state index contributed by atoms with van der Waals surface area (Å²) in [4.78, 5) is 8.19. The van der Waals surface area contributed by atoms with Gasteiger partial charge in [-0.1, -0.05) is 21.9 Å². The normalized spacial score (nSPS) is 10.6. The van der Waals surface area contributed by atoms with Crippen LogP contribution < -0.4 is 4.74 Å². The second-order valence-corrected chi connectivity index (χ2v) is 4.56. The summed E-state index contributed by atoms with van der Waals surface area (Å²) in [5.74, 6) is 0.267. The van der Waals surface area contributed by atoms with Gasteiger partial charge in [-0.15, -0.1) is 0 Å². The molecular formula is C13H10ClN5O2. The lowest BCUT2D eigenvalue weighted by Gasteiger charge is -2.09. The zero-order chi connectivity index (χ0) is 14.8. The Hall–Kier alpha value is -2.67. The minimum atomic E-state index is -0.170. The van der Waals surface area contributed by atoms with Gasteiger partial charge in [-0.25, -0.2) is 14.6 Å². The molecule has 2 aromatic heterocycles. The fourth-order valence-electron chi connectivity index (χ4n) is 1.88. The van der Waals surface area contributed by atoms with Crippen LogP contribution in [0.3, 0.4) is 0 Å². The van der Waals surface area contributed by atoms with Gasteiger partial charge in [0.1, 0.15) is 6.33 Å². The van der Waals surface area contributed by atoms with Crippen LogP contribution in [0, 0.1) is 0 Å². The third-order valence-corrected chi connectivity index (χ3v) is 3.05. The molecule has 0 unspecified atom stereocenters. The topological polar surface area (TPSA) is 86.0 Å². The van der Waals surface area contributed by atoms with Crippen molar-refractivity contribution in [2.75, 3.05) is 7.11 Å². The molecule has 0 saturated heterocycles. The van der Waals surface area contributed by atoms with Crippen molar-refractivity contribution in [1.82, 2.24) is 25.0 Å². The quantitative estimate of drug-likeness (QED) is 0.797. The van der Waals surface area contributed by atoms with Crippen LogP contribution in [-0.4, -0.2) is 37.2 Å². The van der Waals surface area contributed by atoms with Crippen molar-refractivity contribution in [2.24, 2.45) is 0 Å². The highest BCUT2D eigenvalue weighted by Gasteiger charge is 2.12. The Morgan fingerprint density at radius 1 is 1.24 bits per heavy atom. The van der Waals surface area contributed by atoms with Crippen LogP contribution in [0.25, 0.3) is 16.9 Å². The predicted molar refractivity (Wildman–Crippen MR) is 75.6 cm³/mol. The van der Waals surface area contributed by atoms with Crippen LogP contribution in [0.5, 0.6) is 11.8 Å². The monoisotopic (exact) mass is 303 g/mol. The Morgan fingerprint density at radius 2 is 2.10 bits per heavy atom. The van der Waals surface area contributed by atoms with Gasteiger partial charge in [0.15, 0.2) is 0 Å². The molecule has 21 heavy (non-hydrogen) atoms. The van der Waals surface area contributed by atoms with Gasteiger partial charge in [0.25, 0.3) is 5.88 Å². The first-order valence-corrected chi connectivity index (χ1v) is 6.33. The van der Waals surface area contributed by atoms with Crippen LogP contribution in [0.2, 0.25) is 5.02 Å². The molecular weight excluding hydrogens is 294 g/mol. The van der Waals surface area contributed by atoms with Crippen molar-refractivity contribution in [3.05, 3.63) is 41.8 Å². The Bertz CT molecular complexity index is 790. The van der Waals surface area contributed by atoms with Crippen molar-refractivity contribution in [3.8, 4) is 28.7 Å². The van der Waals surface area contributed by atoms with Crippen LogP contribution in [0.1, 0.15) is 0 Å². The van der Waals surface area contributed by atoms with Crippen LogP contribution >= 0.6 is 11.6 Å². The summed E-state index contributed by atoms with van der Waals surface area (Å²) in [7, 11) is 1.53. The molecule has 0 atom stereocenters. The number of nitrogens with zero attached hydrogens (tertiary/aromatic N) is 5. The fourth-order valence-corrected chi connectivity index (χ4v) is 2.06. The number of aromatic hydroxyl groups is 1. The van der Waals surface area contributed by atoms with E-state index in [0.717, 1.165) is 0 Å². The van der Waals surface area contributed by atoms with Crippen LogP contribution in [-0.2, 0) is 0 Å². The molecule has 0 aliphatic rings. The van der Waals surface area contributed by atoms with Gasteiger partial charge in [0.05, 0.1) is 24.7 Å². The highest BCUT2D eigenvalue weighted by molar-refractivity contribution is 6.31. The number of hydrogen-bond donors (Lipinski definition) is 1. The number of hydrogen-bond acceptors (Lipinski definition) is 6. The molecule has 0 bridgehead atoms. The fraction of sp³-hybridized carbons (Fsp3) is 0.0769. The van der Waals surface area contributed by atoms with Crippen molar-refractivity contribution in [1.29, 1.82) is 0 Å². The molecule has 7 nitrogen and oxygen atoms in total. The molecule has 0 aliphatic carbocycles. The molecule has 3 rings (SSSR count). The van der Waals surface area contributed by atoms with E-state index in [4.69, 9.17) is 16.3 Å². The van der Waals surface area contributed by atoms with Gasteiger partial charge in [0, 0.05) is 16.7 Å². The van der Waals surface area contributed by atoms with Gasteiger partial charge in [0.2, 0.25) is 5.88 Å². The molecule has 1 aromatic carbocycles. The third kappa shape index (κ3) is 2.63. The van der Waals surface area contributed by atoms with E-state index in [1.165, 1.54) is 24.3 Å². The Labute approximate surface area is 124 Å². The Morgan fingerprint density at radius 3 is 2.81 bits per heavy atom. The van der Waals surface area contributed by atoms with Crippen molar-refractivity contribution >= 4 is 11.6 Å². The maximum Gasteiger partial charge on any atom is 0.251 e. The van der Waals surface area contributed by atoms with Crippen LogP contribution in [0.15, 0.2) is 36.8 Å². The van der Waals surface area contributed by atoms with E-state index in [1.54, 1.807) is 24.3 Å². The summed E-state index contributed by atoms with van der Waals surface area (Å²) in [5.41, 5.74) is 2.01. The van der Waals surface area contributed by atoms with E-state index >= 15 is 0 Å². The summed E-state index contributed by atoms with van der Waals surface area (Å²) in [6, 6.07) is 6.92. The SMILES string of the molecule is COc1cc(-c2cc(Cl)ccc2-n2cc(O)nn2)ncn1. The average Bonchev–Trinajstić information content (AvgIpc) is 2.93. The molecule has 0 saturated carbocycles. The molecule has 0 fully saturated rings. The summed E-state index contributed by atoms with van der Waals surface area (Å²) in [5, 5.41) is 17.3. The standard InChI is InChI=1S/C13H10ClN5O2/c1-21-13-5-10(15-7-16-13)9-4-8(14)2-3-11(9)19-6-12(20)17-18-19/h2-7,20H,1H3. The molecule has 0 aliphatic heterocycles. The van der Waals surface area contributed by atoms with E-state index in [2.05, 4.69) is 20.3 Å². The van der Waals surface area contributed by atoms with Gasteiger partial charge in [-0.2, -0.15) is 0 Å². The number of ether oxygens (including phenoxy) is 1. The molecule has 2 heterocycles. The zero-order valence-corrected chi connectivity index (χ0v) is 11.7. The smallest absolute Gasteiger partial charge is 0.251 e. The Balaban J connectivity index is 2.18. The maximum atomic E-state index is 9.35. The molecule has 0 spiro atoms. The lowest BCUT2D eigenvalue weighted by Crippen LogP contribution is -2.00. The second kappa shape index (κ2) is 5.37. The number of rotatable bonds is 3. The Kier molecular flexibility index (Phi) is 3.41. The van der Waals surface area contributed by atoms with Gasteiger partial charge in [-0.3, -0.25) is 0 Å². The molecule has 106 valence electrons. The third-order valence-electron chi connectivity index (χ3n) is 2.81. The summed E-state index contributed by atoms with van der Waals surface area (Å²) < 4.78 is 6.54. The van der Waals surface area contributed by atoms with Crippen LogP contribution in [0.4, 0.5) is 0 Å². The summed E-state index contributed by atoms with van der Waals surface area (Å²) >= 11 is 6.06. The highest BCUT2D eigenvalue weighted by atomic mass is 35.5. The second-order valence-electron chi connectivity index (χ2n) is 4.13. The van der Waals surface area contributed by atoms with E-state index in [-0.39, 0.29) is 5.88 Å². The maximum absolute atomic E-state index is 9.35. The number of methoxy groups -OCH3 is 1. The number of benzene rings is 1. The van der Waals surface area contributed by atoms with Gasteiger partial charge < -0.3 is 9.84 Å². The van der Waals surface area contributed by atoms with E-state index in [1.807, 2.05) is 0 Å². The van der Waals surface area contributed by atoms with E-state index in [9.17, 15) is 5.11 Å². The first-order valence-electron chi connectivity index (χ1n) is 5.95. The van der Waals surface area contributed by atoms with Crippen molar-refractivity contribution in [3.63, 3.8) is 0 Å². The largest absolute Gasteiger partial charge is 0.491 e. The van der Waals surface area contributed by atoms with Crippen molar-refractivity contribution < 1.29 is 9.84 Å². The number of halogens is 1. The van der Waals surface area contributed by atoms with E-state index < -0.39 is 0 Å². The minimum absolute atomic E-state index is 0.170. The van der Waals surface area contributed by atoms with Gasteiger partial charge >= 0.3 is 0 Å². The molecule has 3 aromatic rings. The minimum Gasteiger partial charge on any atom is -0.491 e. The zero-order valence-electron chi connectivity index (χ0n) is 10.9. The lowest BCUT2D eigenvalue weighted by atomic mass is 10.1. The average molecular weight is 304 g/mol. The van der Waals surface area contributed by atoms with E-state index in [0.29, 0.717) is 27.8 Å². The first-order chi connectivity index (χ1) is 10.2. The molecule has 0 amide bonds. The molecule has 0 radical (unpaired) electrons. The molecule has 1 N–H and O–H groups in total. The molecule has 8 heteroatoms. The summed E-state index contributed by atoms with van der Waals surface area (Å²) in [6.07, 6.45) is 2.79. The summed E-state index contributed by atoms with van der Waals surface area (Å²) in [6.45, 7) is 0. The van der Waals surface area contributed by atoms with Crippen molar-refractivity contribution in [2.45, 2.75) is 0 Å². The number of aromatic nitrogens is 5. The highest BCUT2D eigenvalue weighted by Crippen LogP contribution is 2.29. The first kappa shape index (κ1) is 13.3. The lowest BCUT2D eigenvalue weighted by molar-refractivity contribution is 0.397. The predicted octanol–water partition coefficient (Wildman–Crippen LogP) is 2.09. The van der Waals surface area contributed by atoms with Gasteiger partial charge in [-0.05, 0) is 18.2 Å².